The van der Waals surface area contributed by atoms with Crippen LogP contribution in [0.5, 0.6) is 5.75 Å². The van der Waals surface area contributed by atoms with Crippen molar-refractivity contribution in [3.05, 3.63) is 28.8 Å². The molecule has 0 N–H and O–H groups in total. The zero-order valence-corrected chi connectivity index (χ0v) is 11.9. The first-order valence-electron chi connectivity index (χ1n) is 6.44. The molecule has 0 fully saturated rings. The van der Waals surface area contributed by atoms with Gasteiger partial charge in [-0.1, -0.05) is 6.92 Å². The summed E-state index contributed by atoms with van der Waals surface area (Å²) in [7, 11) is 0. The molecule has 0 saturated carbocycles. The Bertz CT molecular complexity index is 401. The van der Waals surface area contributed by atoms with Crippen molar-refractivity contribution >= 4 is 5.97 Å². The molecule has 0 spiro atoms. The number of esters is 1. The lowest BCUT2D eigenvalue weighted by Gasteiger charge is -2.17. The molecule has 3 heteroatoms. The molecule has 18 heavy (non-hydrogen) atoms. The molecule has 1 atom stereocenters. The van der Waals surface area contributed by atoms with Gasteiger partial charge >= 0.3 is 5.97 Å². The third kappa shape index (κ3) is 3.49. The van der Waals surface area contributed by atoms with Gasteiger partial charge in [-0.25, -0.2) is 4.79 Å². The van der Waals surface area contributed by atoms with E-state index in [1.54, 1.807) is 6.92 Å². The van der Waals surface area contributed by atoms with E-state index in [1.165, 1.54) is 0 Å². The lowest BCUT2D eigenvalue weighted by atomic mass is 10.1. The predicted molar refractivity (Wildman–Crippen MR) is 72.3 cm³/mol. The van der Waals surface area contributed by atoms with Gasteiger partial charge < -0.3 is 9.47 Å². The first-order chi connectivity index (χ1) is 8.49. The standard InChI is InChI=1S/C15H22O3/c1-6-12(5)18-14-10(3)8-13(9-11(14)4)15(16)17-7-2/h8-9,12H,6-7H2,1-5H3. The minimum Gasteiger partial charge on any atom is -0.490 e. The summed E-state index contributed by atoms with van der Waals surface area (Å²) in [4.78, 5) is 11.7. The summed E-state index contributed by atoms with van der Waals surface area (Å²) in [5, 5.41) is 0. The summed E-state index contributed by atoms with van der Waals surface area (Å²) in [6, 6.07) is 3.64. The largest absolute Gasteiger partial charge is 0.490 e. The Labute approximate surface area is 109 Å². The van der Waals surface area contributed by atoms with Crippen molar-refractivity contribution in [2.45, 2.75) is 47.1 Å². The summed E-state index contributed by atoms with van der Waals surface area (Å²) in [5.74, 6) is 0.594. The minimum absolute atomic E-state index is 0.177. The van der Waals surface area contributed by atoms with Gasteiger partial charge in [-0.2, -0.15) is 0 Å². The number of benzene rings is 1. The zero-order valence-electron chi connectivity index (χ0n) is 11.9. The van der Waals surface area contributed by atoms with Crippen LogP contribution in [0.1, 0.15) is 48.7 Å². The maximum Gasteiger partial charge on any atom is 0.338 e. The Hall–Kier alpha value is -1.51. The topological polar surface area (TPSA) is 35.5 Å². The minimum atomic E-state index is -0.279. The van der Waals surface area contributed by atoms with E-state index < -0.39 is 0 Å². The van der Waals surface area contributed by atoms with Gasteiger partial charge in [-0.15, -0.1) is 0 Å². The summed E-state index contributed by atoms with van der Waals surface area (Å²) >= 11 is 0. The summed E-state index contributed by atoms with van der Waals surface area (Å²) in [6.45, 7) is 10.2. The van der Waals surface area contributed by atoms with Crippen LogP contribution in [0.25, 0.3) is 0 Å². The van der Waals surface area contributed by atoms with Crippen LogP contribution in [-0.2, 0) is 4.74 Å². The molecule has 0 radical (unpaired) electrons. The maximum atomic E-state index is 11.7. The van der Waals surface area contributed by atoms with Crippen LogP contribution >= 0.6 is 0 Å². The highest BCUT2D eigenvalue weighted by Crippen LogP contribution is 2.26. The Morgan fingerprint density at radius 1 is 1.22 bits per heavy atom. The molecule has 0 aliphatic rings. The van der Waals surface area contributed by atoms with E-state index in [0.29, 0.717) is 12.2 Å². The van der Waals surface area contributed by atoms with Crippen LogP contribution in [0.4, 0.5) is 0 Å². The van der Waals surface area contributed by atoms with Crippen LogP contribution in [0.3, 0.4) is 0 Å². The number of aryl methyl sites for hydroxylation is 2. The quantitative estimate of drug-likeness (QED) is 0.748. The SMILES string of the molecule is CCOC(=O)c1cc(C)c(OC(C)CC)c(C)c1. The number of hydrogen-bond acceptors (Lipinski definition) is 3. The molecule has 1 rings (SSSR count). The van der Waals surface area contributed by atoms with Crippen molar-refractivity contribution < 1.29 is 14.3 Å². The van der Waals surface area contributed by atoms with Crippen LogP contribution < -0.4 is 4.74 Å². The highest BCUT2D eigenvalue weighted by atomic mass is 16.5. The fourth-order valence-corrected chi connectivity index (χ4v) is 1.75. The monoisotopic (exact) mass is 250 g/mol. The molecule has 0 amide bonds. The number of carbonyl (C=O) groups is 1. The molecule has 100 valence electrons. The lowest BCUT2D eigenvalue weighted by Crippen LogP contribution is -2.12. The first-order valence-corrected chi connectivity index (χ1v) is 6.44. The summed E-state index contributed by atoms with van der Waals surface area (Å²) < 4.78 is 10.9. The Morgan fingerprint density at radius 2 is 1.78 bits per heavy atom. The van der Waals surface area contributed by atoms with Crippen LogP contribution in [0.2, 0.25) is 0 Å². The van der Waals surface area contributed by atoms with E-state index in [-0.39, 0.29) is 12.1 Å². The molecule has 0 aromatic heterocycles. The molecule has 0 saturated heterocycles. The third-order valence-electron chi connectivity index (χ3n) is 2.87. The molecule has 0 aliphatic heterocycles. The van der Waals surface area contributed by atoms with Gasteiger partial charge in [0, 0.05) is 0 Å². The van der Waals surface area contributed by atoms with Crippen molar-refractivity contribution in [1.29, 1.82) is 0 Å². The van der Waals surface area contributed by atoms with Gasteiger partial charge in [0.05, 0.1) is 18.3 Å². The Balaban J connectivity index is 3.01. The van der Waals surface area contributed by atoms with E-state index in [0.717, 1.165) is 23.3 Å². The van der Waals surface area contributed by atoms with Gasteiger partial charge in [0.25, 0.3) is 0 Å². The second kappa shape index (κ2) is 6.43. The maximum absolute atomic E-state index is 11.7. The van der Waals surface area contributed by atoms with Gasteiger partial charge in [-0.05, 0) is 57.4 Å². The number of carbonyl (C=O) groups excluding carboxylic acids is 1. The average molecular weight is 250 g/mol. The van der Waals surface area contributed by atoms with Gasteiger partial charge in [0.15, 0.2) is 0 Å². The molecule has 1 aromatic rings. The normalized spacial score (nSPS) is 12.1. The average Bonchev–Trinajstić information content (AvgIpc) is 2.33. The Kier molecular flexibility index (Phi) is 5.20. The summed E-state index contributed by atoms with van der Waals surface area (Å²) in [5.41, 5.74) is 2.53. The van der Waals surface area contributed by atoms with Crippen LogP contribution in [-0.4, -0.2) is 18.7 Å². The zero-order chi connectivity index (χ0) is 13.7. The molecule has 0 heterocycles. The molecule has 3 nitrogen and oxygen atoms in total. The van der Waals surface area contributed by atoms with Crippen molar-refractivity contribution in [1.82, 2.24) is 0 Å². The van der Waals surface area contributed by atoms with Crippen molar-refractivity contribution in [3.63, 3.8) is 0 Å². The van der Waals surface area contributed by atoms with E-state index in [9.17, 15) is 4.79 Å². The fraction of sp³-hybridized carbons (Fsp3) is 0.533. The first kappa shape index (κ1) is 14.6. The van der Waals surface area contributed by atoms with Crippen LogP contribution in [0.15, 0.2) is 12.1 Å². The highest BCUT2D eigenvalue weighted by molar-refractivity contribution is 5.90. The van der Waals surface area contributed by atoms with Crippen LogP contribution in [0, 0.1) is 13.8 Å². The lowest BCUT2D eigenvalue weighted by molar-refractivity contribution is 0.0526. The third-order valence-corrected chi connectivity index (χ3v) is 2.87. The second-order valence-electron chi connectivity index (χ2n) is 4.50. The van der Waals surface area contributed by atoms with Crippen molar-refractivity contribution in [3.8, 4) is 5.75 Å². The van der Waals surface area contributed by atoms with Gasteiger partial charge in [0.2, 0.25) is 0 Å². The number of rotatable bonds is 5. The number of ether oxygens (including phenoxy) is 2. The molecular weight excluding hydrogens is 228 g/mol. The Morgan fingerprint density at radius 3 is 2.22 bits per heavy atom. The van der Waals surface area contributed by atoms with Crippen molar-refractivity contribution in [2.75, 3.05) is 6.61 Å². The fourth-order valence-electron chi connectivity index (χ4n) is 1.75. The van der Waals surface area contributed by atoms with E-state index >= 15 is 0 Å². The van der Waals surface area contributed by atoms with E-state index in [2.05, 4.69) is 6.92 Å². The highest BCUT2D eigenvalue weighted by Gasteiger charge is 2.13. The molecule has 0 aliphatic carbocycles. The van der Waals surface area contributed by atoms with E-state index in [4.69, 9.17) is 9.47 Å². The molecular formula is C15H22O3. The van der Waals surface area contributed by atoms with Crippen molar-refractivity contribution in [2.24, 2.45) is 0 Å². The summed E-state index contributed by atoms with van der Waals surface area (Å²) in [6.07, 6.45) is 1.13. The van der Waals surface area contributed by atoms with E-state index in [1.807, 2.05) is 32.9 Å². The smallest absolute Gasteiger partial charge is 0.338 e. The van der Waals surface area contributed by atoms with Gasteiger partial charge in [-0.3, -0.25) is 0 Å². The molecule has 0 bridgehead atoms. The van der Waals surface area contributed by atoms with Gasteiger partial charge in [0.1, 0.15) is 5.75 Å². The molecule has 1 unspecified atom stereocenters. The predicted octanol–water partition coefficient (Wildman–Crippen LogP) is 3.66. The molecule has 1 aromatic carbocycles. The number of hydrogen-bond donors (Lipinski definition) is 0. The second-order valence-corrected chi connectivity index (χ2v) is 4.50.